The van der Waals surface area contributed by atoms with E-state index in [4.69, 9.17) is 4.99 Å². The number of phenols is 1. The van der Waals surface area contributed by atoms with Crippen LogP contribution in [0.1, 0.15) is 60.4 Å². The van der Waals surface area contributed by atoms with E-state index in [1.165, 1.54) is 25.7 Å². The first kappa shape index (κ1) is 20.1. The molecule has 5 rings (SSSR count). The zero-order valence-electron chi connectivity index (χ0n) is 18.5. The number of aryl methyl sites for hydroxylation is 1. The summed E-state index contributed by atoms with van der Waals surface area (Å²) in [7, 11) is 0. The fourth-order valence-electron chi connectivity index (χ4n) is 5.88. The van der Waals surface area contributed by atoms with Gasteiger partial charge in [0.15, 0.2) is 0 Å². The Morgan fingerprint density at radius 2 is 1.55 bits per heavy atom. The second kappa shape index (κ2) is 8.00. The SMILES string of the molecule is Cc1cc(C=NC2CC3CCC2C3)c(O)c(C(C)(c2ccccc2)c2ccccc2)c1. The Balaban J connectivity index is 1.61. The highest BCUT2D eigenvalue weighted by Crippen LogP contribution is 2.46. The lowest BCUT2D eigenvalue weighted by atomic mass is 9.70. The Labute approximate surface area is 185 Å². The van der Waals surface area contributed by atoms with Gasteiger partial charge in [0.25, 0.3) is 0 Å². The molecular weight excluding hydrogens is 378 g/mol. The minimum absolute atomic E-state index is 0.340. The summed E-state index contributed by atoms with van der Waals surface area (Å²) >= 11 is 0. The predicted octanol–water partition coefficient (Wildman–Crippen LogP) is 6.66. The summed E-state index contributed by atoms with van der Waals surface area (Å²) in [6, 6.07) is 25.6. The van der Waals surface area contributed by atoms with E-state index in [1.807, 2.05) is 18.3 Å². The van der Waals surface area contributed by atoms with Crippen LogP contribution in [0.2, 0.25) is 0 Å². The van der Waals surface area contributed by atoms with Crippen LogP contribution in [-0.2, 0) is 5.41 Å². The number of aromatic hydroxyl groups is 1. The molecule has 3 atom stereocenters. The molecule has 0 aromatic heterocycles. The van der Waals surface area contributed by atoms with Gasteiger partial charge in [-0.2, -0.15) is 0 Å². The summed E-state index contributed by atoms with van der Waals surface area (Å²) in [6.07, 6.45) is 7.19. The van der Waals surface area contributed by atoms with Gasteiger partial charge in [0.2, 0.25) is 0 Å². The third-order valence-corrected chi connectivity index (χ3v) is 7.63. The third-order valence-electron chi connectivity index (χ3n) is 7.63. The number of hydrogen-bond donors (Lipinski definition) is 1. The van der Waals surface area contributed by atoms with E-state index in [9.17, 15) is 5.11 Å². The Bertz CT molecular complexity index is 1050. The molecule has 2 nitrogen and oxygen atoms in total. The van der Waals surface area contributed by atoms with E-state index in [0.29, 0.717) is 11.8 Å². The Morgan fingerprint density at radius 1 is 0.903 bits per heavy atom. The van der Waals surface area contributed by atoms with Gasteiger partial charge < -0.3 is 5.11 Å². The summed E-state index contributed by atoms with van der Waals surface area (Å²) in [5.74, 6) is 1.95. The summed E-state index contributed by atoms with van der Waals surface area (Å²) < 4.78 is 0. The predicted molar refractivity (Wildman–Crippen MR) is 128 cm³/mol. The molecule has 2 saturated carbocycles. The van der Waals surface area contributed by atoms with Crippen molar-refractivity contribution in [1.82, 2.24) is 0 Å². The number of nitrogens with zero attached hydrogens (tertiary/aromatic N) is 1. The maximum Gasteiger partial charge on any atom is 0.128 e. The van der Waals surface area contributed by atoms with E-state index < -0.39 is 5.41 Å². The van der Waals surface area contributed by atoms with Crippen LogP contribution in [0.15, 0.2) is 77.8 Å². The number of phenolic OH excluding ortho intramolecular Hbond substituents is 1. The summed E-state index contributed by atoms with van der Waals surface area (Å²) in [5, 5.41) is 11.5. The first-order valence-electron chi connectivity index (χ1n) is 11.5. The average Bonchev–Trinajstić information content (AvgIpc) is 3.43. The standard InChI is InChI=1S/C29H31NO/c1-20-15-23(19-30-27-18-21-13-14-22(27)17-21)28(31)26(16-20)29(2,24-9-5-3-6-10-24)25-11-7-4-8-12-25/h3-12,15-16,19,21-22,27,31H,13-14,17-18H2,1-2H3. The smallest absolute Gasteiger partial charge is 0.128 e. The van der Waals surface area contributed by atoms with Gasteiger partial charge in [0.1, 0.15) is 5.75 Å². The summed E-state index contributed by atoms with van der Waals surface area (Å²) in [5.41, 5.74) is 4.76. The maximum atomic E-state index is 11.5. The number of rotatable bonds is 5. The van der Waals surface area contributed by atoms with Gasteiger partial charge >= 0.3 is 0 Å². The van der Waals surface area contributed by atoms with E-state index in [1.54, 1.807) is 0 Å². The Kier molecular flexibility index (Phi) is 5.17. The normalized spacial score (nSPS) is 23.0. The van der Waals surface area contributed by atoms with Crippen molar-refractivity contribution in [3.8, 4) is 5.75 Å². The lowest BCUT2D eigenvalue weighted by Gasteiger charge is -2.33. The molecule has 0 aliphatic heterocycles. The zero-order valence-corrected chi connectivity index (χ0v) is 18.5. The van der Waals surface area contributed by atoms with Crippen molar-refractivity contribution in [3.05, 3.63) is 101 Å². The van der Waals surface area contributed by atoms with Crippen molar-refractivity contribution in [2.24, 2.45) is 16.8 Å². The molecule has 0 spiro atoms. The number of benzene rings is 3. The first-order valence-corrected chi connectivity index (χ1v) is 11.5. The van der Waals surface area contributed by atoms with E-state index in [0.717, 1.165) is 39.7 Å². The van der Waals surface area contributed by atoms with Gasteiger partial charge in [-0.05, 0) is 67.7 Å². The molecule has 2 heteroatoms. The molecule has 2 bridgehead atoms. The number of fused-ring (bicyclic) bond motifs is 2. The molecule has 3 aromatic rings. The fraction of sp³-hybridized carbons (Fsp3) is 0.345. The Morgan fingerprint density at radius 3 is 2.10 bits per heavy atom. The molecule has 3 aromatic carbocycles. The molecule has 158 valence electrons. The lowest BCUT2D eigenvalue weighted by molar-refractivity contribution is 0.421. The van der Waals surface area contributed by atoms with Crippen LogP contribution in [0.3, 0.4) is 0 Å². The van der Waals surface area contributed by atoms with Crippen LogP contribution in [0.4, 0.5) is 0 Å². The molecule has 31 heavy (non-hydrogen) atoms. The fourth-order valence-corrected chi connectivity index (χ4v) is 5.88. The van der Waals surface area contributed by atoms with Crippen molar-refractivity contribution in [1.29, 1.82) is 0 Å². The topological polar surface area (TPSA) is 32.6 Å². The minimum Gasteiger partial charge on any atom is -0.507 e. The molecular formula is C29H31NO. The van der Waals surface area contributed by atoms with Crippen LogP contribution in [0, 0.1) is 18.8 Å². The minimum atomic E-state index is -0.465. The molecule has 3 unspecified atom stereocenters. The van der Waals surface area contributed by atoms with Gasteiger partial charge in [-0.25, -0.2) is 0 Å². The maximum absolute atomic E-state index is 11.5. The van der Waals surface area contributed by atoms with Crippen molar-refractivity contribution < 1.29 is 5.11 Å². The van der Waals surface area contributed by atoms with Crippen molar-refractivity contribution in [3.63, 3.8) is 0 Å². The zero-order chi connectivity index (χ0) is 21.4. The van der Waals surface area contributed by atoms with Crippen LogP contribution >= 0.6 is 0 Å². The molecule has 0 saturated heterocycles. The monoisotopic (exact) mass is 409 g/mol. The van der Waals surface area contributed by atoms with Crippen LogP contribution in [0.5, 0.6) is 5.75 Å². The first-order chi connectivity index (χ1) is 15.1. The quantitative estimate of drug-likeness (QED) is 0.371. The molecule has 2 fully saturated rings. The van der Waals surface area contributed by atoms with Crippen molar-refractivity contribution in [2.75, 3.05) is 0 Å². The van der Waals surface area contributed by atoms with Gasteiger partial charge in [0, 0.05) is 22.8 Å². The van der Waals surface area contributed by atoms with Crippen molar-refractivity contribution in [2.45, 2.75) is 51.0 Å². The highest BCUT2D eigenvalue weighted by Gasteiger charge is 2.39. The van der Waals surface area contributed by atoms with E-state index >= 15 is 0 Å². The molecule has 2 aliphatic carbocycles. The molecule has 2 aliphatic rings. The third kappa shape index (κ3) is 3.59. The van der Waals surface area contributed by atoms with Crippen LogP contribution in [-0.4, -0.2) is 17.4 Å². The average molecular weight is 410 g/mol. The van der Waals surface area contributed by atoms with E-state index in [-0.39, 0.29) is 0 Å². The second-order valence-corrected chi connectivity index (χ2v) is 9.63. The van der Waals surface area contributed by atoms with Gasteiger partial charge in [-0.15, -0.1) is 0 Å². The molecule has 1 N–H and O–H groups in total. The largest absolute Gasteiger partial charge is 0.507 e. The highest BCUT2D eigenvalue weighted by atomic mass is 16.3. The van der Waals surface area contributed by atoms with Crippen LogP contribution < -0.4 is 0 Å². The molecule has 0 amide bonds. The van der Waals surface area contributed by atoms with Gasteiger partial charge in [0.05, 0.1) is 6.04 Å². The highest BCUT2D eigenvalue weighted by molar-refractivity contribution is 5.85. The Hall–Kier alpha value is -2.87. The lowest BCUT2D eigenvalue weighted by Crippen LogP contribution is -2.26. The number of aliphatic imine (C=N–C) groups is 1. The van der Waals surface area contributed by atoms with E-state index in [2.05, 4.69) is 74.5 Å². The molecule has 0 heterocycles. The summed E-state index contributed by atoms with van der Waals surface area (Å²) in [4.78, 5) is 4.96. The van der Waals surface area contributed by atoms with Crippen LogP contribution in [0.25, 0.3) is 0 Å². The van der Waals surface area contributed by atoms with Gasteiger partial charge in [-0.3, -0.25) is 4.99 Å². The number of hydrogen-bond acceptors (Lipinski definition) is 2. The van der Waals surface area contributed by atoms with Crippen molar-refractivity contribution >= 4 is 6.21 Å². The van der Waals surface area contributed by atoms with Gasteiger partial charge in [-0.1, -0.05) is 73.2 Å². The second-order valence-electron chi connectivity index (χ2n) is 9.63. The summed E-state index contributed by atoms with van der Waals surface area (Å²) in [6.45, 7) is 4.32. The molecule has 0 radical (unpaired) electrons.